The predicted molar refractivity (Wildman–Crippen MR) is 44.3 cm³/mol. The van der Waals surface area contributed by atoms with Gasteiger partial charge in [-0.15, -0.1) is 17.2 Å². The van der Waals surface area contributed by atoms with Crippen LogP contribution in [-0.2, 0) is 164 Å². The van der Waals surface area contributed by atoms with Gasteiger partial charge in [0.25, 0.3) is 0 Å². The van der Waals surface area contributed by atoms with Gasteiger partial charge in [0.15, 0.2) is 0 Å². The second kappa shape index (κ2) is 20.7. The number of benzene rings is 1. The average molecular weight is 597 g/mol. The third-order valence-corrected chi connectivity index (χ3v) is 1.14. The molecule has 8 heteroatoms. The molecule has 0 amide bonds. The van der Waals surface area contributed by atoms with Gasteiger partial charge in [0.05, 0.1) is 5.75 Å². The van der Waals surface area contributed by atoms with Gasteiger partial charge >= 0.3 is 0 Å². The van der Waals surface area contributed by atoms with Crippen molar-refractivity contribution in [3.05, 3.63) is 24.3 Å². The molecule has 0 bridgehead atoms. The number of thiocarbonyl (C=S) groups is 1. The van der Waals surface area contributed by atoms with Crippen molar-refractivity contribution in [2.45, 2.75) is 0 Å². The molecule has 0 unspecified atom stereocenters. The number of nitrogens with one attached hydrogen (secondary N) is 1. The topological polar surface area (TPSA) is 32.3 Å². The second-order valence-corrected chi connectivity index (χ2v) is 1.98. The summed E-state index contributed by atoms with van der Waals surface area (Å²) in [6.45, 7) is 0. The Labute approximate surface area is 221 Å². The Morgan fingerprint density at radius 3 is 2.00 bits per heavy atom. The first kappa shape index (κ1) is 31.7. The first-order valence-electron chi connectivity index (χ1n) is 2.75. The van der Waals surface area contributed by atoms with E-state index in [0.717, 1.165) is 5.69 Å². The summed E-state index contributed by atoms with van der Waals surface area (Å²) in [7, 11) is 0. The van der Waals surface area contributed by atoms with Crippen molar-refractivity contribution in [2.75, 3.05) is 5.32 Å². The Morgan fingerprint density at radius 2 is 1.60 bits per heavy atom. The minimum atomic E-state index is 0. The van der Waals surface area contributed by atoms with E-state index in [9.17, 15) is 0 Å². The Morgan fingerprint density at radius 1 is 1.07 bits per heavy atom. The van der Waals surface area contributed by atoms with Gasteiger partial charge in [-0.25, -0.2) is 12.2 Å². The molecule has 1 rings (SSSR count). The van der Waals surface area contributed by atoms with E-state index in [4.69, 9.17) is 5.11 Å². The zero-order chi connectivity index (χ0) is 7.40. The molecule has 1 aromatic carbocycles. The van der Waals surface area contributed by atoms with Gasteiger partial charge in [-0.05, 0) is 6.07 Å². The van der Waals surface area contributed by atoms with Crippen molar-refractivity contribution in [3.8, 4) is 5.75 Å². The van der Waals surface area contributed by atoms with Crippen LogP contribution in [0.4, 0.5) is 5.69 Å². The Hall–Kier alpha value is 4.43. The largest absolute Gasteiger partial charge is 0.515 e. The van der Waals surface area contributed by atoms with Gasteiger partial charge in [0, 0.05) is 164 Å². The summed E-state index contributed by atoms with van der Waals surface area (Å²) in [5.41, 5.74) is 3.08. The molecule has 0 saturated carbocycles. The summed E-state index contributed by atoms with van der Waals surface area (Å²) in [6, 6.07) is 6.68. The summed E-state index contributed by atoms with van der Waals surface area (Å²) in [5, 5.41) is 11.6. The molecular formula is C7H6NOSY5-. The molecule has 0 aliphatic carbocycles. The quantitative estimate of drug-likeness (QED) is 0.310. The number of anilines is 1. The molecule has 0 saturated heterocycles. The van der Waals surface area contributed by atoms with E-state index in [2.05, 4.69) is 23.0 Å². The van der Waals surface area contributed by atoms with Gasteiger partial charge in [0.2, 0.25) is 0 Å². The Kier molecular flexibility index (Phi) is 43.8. The summed E-state index contributed by atoms with van der Waals surface area (Å²) < 4.78 is 0. The molecule has 0 aliphatic heterocycles. The van der Waals surface area contributed by atoms with Crippen LogP contribution in [0.3, 0.4) is 0 Å². The summed E-state index contributed by atoms with van der Waals surface area (Å²) in [6.07, 6.45) is 0. The van der Waals surface area contributed by atoms with Crippen molar-refractivity contribution >= 4 is 23.4 Å². The summed E-state index contributed by atoms with van der Waals surface area (Å²) in [4.78, 5) is 0. The van der Waals surface area contributed by atoms with Crippen LogP contribution in [0, 0.1) is 0 Å². The van der Waals surface area contributed by atoms with Crippen LogP contribution in [0.2, 0.25) is 0 Å². The monoisotopic (exact) mass is 597 g/mol. The van der Waals surface area contributed by atoms with E-state index in [1.807, 2.05) is 0 Å². The van der Waals surface area contributed by atoms with E-state index in [0.29, 0.717) is 0 Å². The third kappa shape index (κ3) is 16.4. The number of hydrogen-bond donors (Lipinski definition) is 2. The molecule has 15 heavy (non-hydrogen) atoms. The molecule has 0 heterocycles. The van der Waals surface area contributed by atoms with Crippen LogP contribution in [0.5, 0.6) is 5.75 Å². The smallest absolute Gasteiger partial charge is 0.0993 e. The molecule has 5 radical (unpaired) electrons. The fourth-order valence-electron chi connectivity index (χ4n) is 0.643. The van der Waals surface area contributed by atoms with Crippen LogP contribution >= 0.6 is 12.2 Å². The van der Waals surface area contributed by atoms with Crippen molar-refractivity contribution in [1.29, 1.82) is 0 Å². The SMILES string of the molecule is Oc1cccc(N[C-]=S)c1.[Y].[Y].[Y].[Y].[Y]. The molecule has 0 atom stereocenters. The number of aromatic hydroxyl groups is 1. The molecule has 67 valence electrons. The minimum absolute atomic E-state index is 0. The molecule has 2 N–H and O–H groups in total. The molecule has 0 fully saturated rings. The van der Waals surface area contributed by atoms with Crippen molar-refractivity contribution in [1.82, 2.24) is 0 Å². The Bertz CT molecular complexity index is 251. The number of phenols is 1. The zero-order valence-electron chi connectivity index (χ0n) is 8.05. The average Bonchev–Trinajstić information content (AvgIpc) is 1.88. The summed E-state index contributed by atoms with van der Waals surface area (Å²) >= 11 is 4.43. The van der Waals surface area contributed by atoms with Crippen LogP contribution in [0.25, 0.3) is 0 Å². The molecule has 1 aromatic rings. The maximum atomic E-state index is 8.94. The molecule has 0 spiro atoms. The normalized spacial score (nSPS) is 5.87. The van der Waals surface area contributed by atoms with Crippen molar-refractivity contribution in [3.63, 3.8) is 0 Å². The van der Waals surface area contributed by atoms with E-state index in [1.165, 1.54) is 0 Å². The third-order valence-electron chi connectivity index (χ3n) is 1.04. The van der Waals surface area contributed by atoms with Gasteiger partial charge in [-0.2, -0.15) is 0 Å². The second-order valence-electron chi connectivity index (χ2n) is 1.78. The molecular weight excluding hydrogens is 591 g/mol. The fraction of sp³-hybridized carbons (Fsp3) is 0. The molecule has 0 aliphatic rings. The summed E-state index contributed by atoms with van der Waals surface area (Å²) in [5.74, 6) is 0.218. The van der Waals surface area contributed by atoms with E-state index < -0.39 is 0 Å². The number of phenolic OH excluding ortho intramolecular Hbond substituents is 1. The van der Waals surface area contributed by atoms with E-state index in [-0.39, 0.29) is 169 Å². The first-order chi connectivity index (χ1) is 4.83. The fourth-order valence-corrected chi connectivity index (χ4v) is 0.760. The maximum Gasteiger partial charge on any atom is 0.0993 e. The van der Waals surface area contributed by atoms with Crippen molar-refractivity contribution < 1.29 is 169 Å². The number of rotatable bonds is 2. The van der Waals surface area contributed by atoms with Crippen LogP contribution < -0.4 is 5.32 Å². The number of hydrogen-bond acceptors (Lipinski definition) is 2. The standard InChI is InChI=1S/C7H6NOS.5Y/c9-7-3-1-2-6(4-7)8-5-10;;;;;/h1-4,9H,(H,8,10);;;;;/q-1;;;;;. The van der Waals surface area contributed by atoms with Crippen LogP contribution in [-0.4, -0.2) is 10.6 Å². The molecule has 0 aromatic heterocycles. The maximum absolute atomic E-state index is 8.94. The van der Waals surface area contributed by atoms with Crippen LogP contribution in [0.15, 0.2) is 24.3 Å². The van der Waals surface area contributed by atoms with Gasteiger partial charge in [-0.3, -0.25) is 0 Å². The Balaban J connectivity index is -0.0000000667. The van der Waals surface area contributed by atoms with Gasteiger partial charge in [-0.1, -0.05) is 12.1 Å². The van der Waals surface area contributed by atoms with Crippen LogP contribution in [0.1, 0.15) is 0 Å². The first-order valence-corrected chi connectivity index (χ1v) is 3.16. The zero-order valence-corrected chi connectivity index (χ0v) is 23.1. The van der Waals surface area contributed by atoms with Gasteiger partial charge < -0.3 is 10.4 Å². The van der Waals surface area contributed by atoms with E-state index in [1.54, 1.807) is 24.3 Å². The van der Waals surface area contributed by atoms with Crippen molar-refractivity contribution in [2.24, 2.45) is 0 Å². The van der Waals surface area contributed by atoms with E-state index >= 15 is 0 Å². The molecule has 2 nitrogen and oxygen atoms in total. The minimum Gasteiger partial charge on any atom is -0.515 e. The van der Waals surface area contributed by atoms with Gasteiger partial charge in [0.1, 0.15) is 0 Å². The predicted octanol–water partition coefficient (Wildman–Crippen LogP) is 1.63.